The molecule has 0 spiro atoms. The predicted octanol–water partition coefficient (Wildman–Crippen LogP) is 2.97. The van der Waals surface area contributed by atoms with E-state index in [4.69, 9.17) is 4.74 Å². The molecule has 1 rings (SSSR count). The summed E-state index contributed by atoms with van der Waals surface area (Å²) in [6, 6.07) is 8.12. The fraction of sp³-hybridized carbons (Fsp3) is 0.364. The summed E-state index contributed by atoms with van der Waals surface area (Å²) in [5.41, 5.74) is 2.24. The summed E-state index contributed by atoms with van der Waals surface area (Å²) in [5, 5.41) is 0. The van der Waals surface area contributed by atoms with Gasteiger partial charge < -0.3 is 4.74 Å². The summed E-state index contributed by atoms with van der Waals surface area (Å²) in [4.78, 5) is 0. The van der Waals surface area contributed by atoms with Crippen molar-refractivity contribution in [3.8, 4) is 0 Å². The summed E-state index contributed by atoms with van der Waals surface area (Å²) in [6.07, 6.45) is 0.177. The van der Waals surface area contributed by atoms with Gasteiger partial charge in [0, 0.05) is 6.61 Å². The molecule has 1 unspecified atom stereocenters. The lowest BCUT2D eigenvalue weighted by Gasteiger charge is -2.11. The normalized spacial score (nSPS) is 12.9. The third-order valence-electron chi connectivity index (χ3n) is 1.84. The van der Waals surface area contributed by atoms with Gasteiger partial charge in [-0.05, 0) is 31.9 Å². The quantitative estimate of drug-likeness (QED) is 0.665. The van der Waals surface area contributed by atoms with E-state index >= 15 is 0 Å². The molecule has 0 heterocycles. The van der Waals surface area contributed by atoms with Crippen molar-refractivity contribution in [1.29, 1.82) is 0 Å². The zero-order valence-corrected chi connectivity index (χ0v) is 7.71. The molecule has 1 radical (unpaired) electrons. The zero-order chi connectivity index (χ0) is 8.97. The molecule has 0 fully saturated rings. The molecule has 1 heteroatoms. The van der Waals surface area contributed by atoms with E-state index in [-0.39, 0.29) is 6.10 Å². The van der Waals surface area contributed by atoms with Gasteiger partial charge in [-0.1, -0.05) is 24.3 Å². The van der Waals surface area contributed by atoms with Crippen LogP contribution in [0.3, 0.4) is 0 Å². The molecule has 0 saturated carbocycles. The molecular formula is C11H15O. The lowest BCUT2D eigenvalue weighted by molar-refractivity contribution is 0.0764. The number of rotatable bonds is 3. The molecule has 0 N–H and O–H groups in total. The van der Waals surface area contributed by atoms with Crippen molar-refractivity contribution in [2.24, 2.45) is 0 Å². The SMILES string of the molecule is [CH2]c1cccc(C(C)OCC)c1. The highest BCUT2D eigenvalue weighted by Gasteiger charge is 2.03. The van der Waals surface area contributed by atoms with Gasteiger partial charge in [0.15, 0.2) is 0 Å². The summed E-state index contributed by atoms with van der Waals surface area (Å²) >= 11 is 0. The van der Waals surface area contributed by atoms with E-state index in [1.165, 1.54) is 5.56 Å². The minimum Gasteiger partial charge on any atom is -0.374 e. The van der Waals surface area contributed by atoms with E-state index in [2.05, 4.69) is 26.0 Å². The molecule has 0 saturated heterocycles. The fourth-order valence-electron chi connectivity index (χ4n) is 1.19. The first-order valence-corrected chi connectivity index (χ1v) is 4.27. The van der Waals surface area contributed by atoms with Crippen LogP contribution in [0.4, 0.5) is 0 Å². The number of hydrogen-bond donors (Lipinski definition) is 0. The van der Waals surface area contributed by atoms with E-state index in [1.54, 1.807) is 0 Å². The van der Waals surface area contributed by atoms with Gasteiger partial charge in [-0.15, -0.1) is 0 Å². The van der Waals surface area contributed by atoms with E-state index in [9.17, 15) is 0 Å². The molecule has 12 heavy (non-hydrogen) atoms. The average Bonchev–Trinajstić information content (AvgIpc) is 2.05. The number of hydrogen-bond acceptors (Lipinski definition) is 1. The maximum atomic E-state index is 5.46. The summed E-state index contributed by atoms with van der Waals surface area (Å²) in [7, 11) is 0. The third kappa shape index (κ3) is 2.35. The van der Waals surface area contributed by atoms with Gasteiger partial charge in [0.2, 0.25) is 0 Å². The maximum Gasteiger partial charge on any atom is 0.0796 e. The molecule has 1 atom stereocenters. The van der Waals surface area contributed by atoms with Crippen molar-refractivity contribution in [1.82, 2.24) is 0 Å². The topological polar surface area (TPSA) is 9.23 Å². The highest BCUT2D eigenvalue weighted by atomic mass is 16.5. The summed E-state index contributed by atoms with van der Waals surface area (Å²) < 4.78 is 5.46. The first-order chi connectivity index (χ1) is 5.74. The Bertz CT molecular complexity index is 243. The van der Waals surface area contributed by atoms with Crippen LogP contribution in [0, 0.1) is 6.92 Å². The van der Waals surface area contributed by atoms with Crippen LogP contribution < -0.4 is 0 Å². The van der Waals surface area contributed by atoms with E-state index in [0.717, 1.165) is 12.2 Å². The second-order valence-corrected chi connectivity index (χ2v) is 2.84. The molecule has 1 nitrogen and oxygen atoms in total. The van der Waals surface area contributed by atoms with Crippen molar-refractivity contribution in [2.45, 2.75) is 20.0 Å². The largest absolute Gasteiger partial charge is 0.374 e. The van der Waals surface area contributed by atoms with Crippen molar-refractivity contribution < 1.29 is 4.74 Å². The van der Waals surface area contributed by atoms with Crippen molar-refractivity contribution in [2.75, 3.05) is 6.61 Å². The molecule has 1 aromatic rings. The standard InChI is InChI=1S/C11H15O/c1-4-12-10(3)11-7-5-6-9(2)8-11/h5-8,10H,2,4H2,1,3H3. The van der Waals surface area contributed by atoms with Crippen molar-refractivity contribution in [3.63, 3.8) is 0 Å². The molecule has 0 aliphatic carbocycles. The van der Waals surface area contributed by atoms with Gasteiger partial charge >= 0.3 is 0 Å². The van der Waals surface area contributed by atoms with Gasteiger partial charge in [-0.25, -0.2) is 0 Å². The highest BCUT2D eigenvalue weighted by Crippen LogP contribution is 2.16. The van der Waals surface area contributed by atoms with Gasteiger partial charge in [-0.3, -0.25) is 0 Å². The van der Waals surface area contributed by atoms with Crippen LogP contribution in [-0.4, -0.2) is 6.61 Å². The van der Waals surface area contributed by atoms with E-state index in [1.807, 2.05) is 19.1 Å². The Hall–Kier alpha value is -0.820. The molecule has 0 aliphatic heterocycles. The number of ether oxygens (including phenoxy) is 1. The Morgan fingerprint density at radius 3 is 2.83 bits per heavy atom. The van der Waals surface area contributed by atoms with E-state index < -0.39 is 0 Å². The minimum atomic E-state index is 0.177. The molecule has 0 bridgehead atoms. The second kappa shape index (κ2) is 4.27. The zero-order valence-electron chi connectivity index (χ0n) is 7.71. The lowest BCUT2D eigenvalue weighted by atomic mass is 10.1. The first kappa shape index (κ1) is 9.27. The Morgan fingerprint density at radius 1 is 1.50 bits per heavy atom. The Morgan fingerprint density at radius 2 is 2.25 bits per heavy atom. The monoisotopic (exact) mass is 163 g/mol. The van der Waals surface area contributed by atoms with Crippen LogP contribution in [0.15, 0.2) is 24.3 Å². The fourth-order valence-corrected chi connectivity index (χ4v) is 1.19. The Kier molecular flexibility index (Phi) is 3.30. The molecule has 65 valence electrons. The molecular weight excluding hydrogens is 148 g/mol. The van der Waals surface area contributed by atoms with E-state index in [0.29, 0.717) is 0 Å². The van der Waals surface area contributed by atoms with Gasteiger partial charge in [0.1, 0.15) is 0 Å². The van der Waals surface area contributed by atoms with Crippen molar-refractivity contribution >= 4 is 0 Å². The predicted molar refractivity (Wildman–Crippen MR) is 50.9 cm³/mol. The van der Waals surface area contributed by atoms with Crippen LogP contribution in [0.5, 0.6) is 0 Å². The lowest BCUT2D eigenvalue weighted by Crippen LogP contribution is -1.99. The van der Waals surface area contributed by atoms with Gasteiger partial charge in [0.25, 0.3) is 0 Å². The highest BCUT2D eigenvalue weighted by molar-refractivity contribution is 5.26. The van der Waals surface area contributed by atoms with Crippen LogP contribution in [0.1, 0.15) is 31.1 Å². The third-order valence-corrected chi connectivity index (χ3v) is 1.84. The summed E-state index contributed by atoms with van der Waals surface area (Å²) in [6.45, 7) is 8.68. The Labute approximate surface area is 74.4 Å². The van der Waals surface area contributed by atoms with Crippen LogP contribution in [-0.2, 0) is 4.74 Å². The van der Waals surface area contributed by atoms with Crippen molar-refractivity contribution in [3.05, 3.63) is 42.3 Å². The Balaban J connectivity index is 2.73. The second-order valence-electron chi connectivity index (χ2n) is 2.84. The summed E-state index contributed by atoms with van der Waals surface area (Å²) in [5.74, 6) is 0. The van der Waals surface area contributed by atoms with Crippen LogP contribution in [0.2, 0.25) is 0 Å². The first-order valence-electron chi connectivity index (χ1n) is 4.27. The van der Waals surface area contributed by atoms with Gasteiger partial charge in [0.05, 0.1) is 6.10 Å². The van der Waals surface area contributed by atoms with Gasteiger partial charge in [-0.2, -0.15) is 0 Å². The van der Waals surface area contributed by atoms with Crippen LogP contribution >= 0.6 is 0 Å². The maximum absolute atomic E-state index is 5.46. The smallest absolute Gasteiger partial charge is 0.0796 e. The molecule has 1 aromatic carbocycles. The molecule has 0 amide bonds. The number of benzene rings is 1. The molecule has 0 aromatic heterocycles. The average molecular weight is 163 g/mol. The molecule has 0 aliphatic rings. The van der Waals surface area contributed by atoms with Crippen LogP contribution in [0.25, 0.3) is 0 Å². The minimum absolute atomic E-state index is 0.177.